The Balaban J connectivity index is 1.46. The highest BCUT2D eigenvalue weighted by atomic mass is 35.5. The van der Waals surface area contributed by atoms with Crippen molar-refractivity contribution >= 4 is 38.9 Å². The first-order chi connectivity index (χ1) is 17.4. The molecule has 0 unspecified atom stereocenters. The molecule has 2 N–H and O–H groups in total. The van der Waals surface area contributed by atoms with E-state index in [-0.39, 0.29) is 36.2 Å². The van der Waals surface area contributed by atoms with E-state index in [1.54, 1.807) is 24.3 Å². The Morgan fingerprint density at radius 3 is 2.47 bits per heavy atom. The number of sulfonamides is 1. The summed E-state index contributed by atoms with van der Waals surface area (Å²) in [4.78, 5) is 12.7. The predicted molar refractivity (Wildman–Crippen MR) is 138 cm³/mol. The van der Waals surface area contributed by atoms with E-state index < -0.39 is 10.0 Å². The third-order valence-electron chi connectivity index (χ3n) is 5.39. The van der Waals surface area contributed by atoms with E-state index in [4.69, 9.17) is 25.8 Å². The monoisotopic (exact) mass is 531 g/mol. The summed E-state index contributed by atoms with van der Waals surface area (Å²) in [6, 6.07) is 18.8. The second kappa shape index (κ2) is 11.6. The Labute approximate surface area is 215 Å². The molecule has 1 saturated heterocycles. The van der Waals surface area contributed by atoms with Crippen LogP contribution in [0, 0.1) is 0 Å². The number of hydrogen-bond donors (Lipinski definition) is 2. The van der Waals surface area contributed by atoms with Gasteiger partial charge in [0.15, 0.2) is 5.75 Å². The zero-order valence-corrected chi connectivity index (χ0v) is 21.1. The van der Waals surface area contributed by atoms with Crippen LogP contribution < -0.4 is 20.1 Å². The highest BCUT2D eigenvalue weighted by Crippen LogP contribution is 2.32. The molecule has 0 radical (unpaired) electrons. The van der Waals surface area contributed by atoms with Gasteiger partial charge in [0.25, 0.3) is 0 Å². The SMILES string of the molecule is COc1ccc(NC(=O)CNc2cc(Cl)ccc2Oc2ccccc2)cc1S(=O)(=O)N1CCOCC1. The number of hydrogen-bond acceptors (Lipinski definition) is 7. The molecule has 1 heterocycles. The van der Waals surface area contributed by atoms with Gasteiger partial charge in [-0.1, -0.05) is 29.8 Å². The van der Waals surface area contributed by atoms with Crippen molar-refractivity contribution in [2.24, 2.45) is 0 Å². The lowest BCUT2D eigenvalue weighted by Crippen LogP contribution is -2.40. The zero-order valence-electron chi connectivity index (χ0n) is 19.6. The molecule has 3 aromatic rings. The molecule has 1 aliphatic heterocycles. The second-order valence-electron chi connectivity index (χ2n) is 7.84. The maximum atomic E-state index is 13.2. The van der Waals surface area contributed by atoms with Crippen LogP contribution in [0.1, 0.15) is 0 Å². The Morgan fingerprint density at radius 2 is 1.75 bits per heavy atom. The Bertz CT molecular complexity index is 1310. The molecule has 1 amide bonds. The quantitative estimate of drug-likeness (QED) is 0.426. The molecule has 9 nitrogen and oxygen atoms in total. The number of carbonyl (C=O) groups excluding carboxylic acids is 1. The normalized spacial score (nSPS) is 14.2. The fourth-order valence-electron chi connectivity index (χ4n) is 3.61. The van der Waals surface area contributed by atoms with Crippen molar-refractivity contribution in [3.8, 4) is 17.2 Å². The largest absolute Gasteiger partial charge is 0.495 e. The van der Waals surface area contributed by atoms with Gasteiger partial charge in [-0.2, -0.15) is 4.31 Å². The van der Waals surface area contributed by atoms with Gasteiger partial charge in [0.1, 0.15) is 16.4 Å². The first kappa shape index (κ1) is 25.8. The van der Waals surface area contributed by atoms with Gasteiger partial charge in [-0.25, -0.2) is 8.42 Å². The minimum atomic E-state index is -3.83. The Kier molecular flexibility index (Phi) is 8.32. The van der Waals surface area contributed by atoms with Crippen molar-refractivity contribution in [2.45, 2.75) is 4.90 Å². The average molecular weight is 532 g/mol. The number of morpholine rings is 1. The average Bonchev–Trinajstić information content (AvgIpc) is 2.90. The first-order valence-electron chi connectivity index (χ1n) is 11.2. The maximum Gasteiger partial charge on any atom is 0.246 e. The lowest BCUT2D eigenvalue weighted by molar-refractivity contribution is -0.114. The molecular formula is C25H26ClN3O6S. The summed E-state index contributed by atoms with van der Waals surface area (Å²) >= 11 is 6.14. The van der Waals surface area contributed by atoms with Crippen molar-refractivity contribution in [1.29, 1.82) is 0 Å². The zero-order chi connectivity index (χ0) is 25.5. The minimum Gasteiger partial charge on any atom is -0.495 e. The van der Waals surface area contributed by atoms with Crippen LogP contribution in [0.3, 0.4) is 0 Å². The highest BCUT2D eigenvalue weighted by Gasteiger charge is 2.29. The summed E-state index contributed by atoms with van der Waals surface area (Å²) in [5.41, 5.74) is 0.855. The molecule has 0 bridgehead atoms. The van der Waals surface area contributed by atoms with Crippen molar-refractivity contribution in [3.05, 3.63) is 71.8 Å². The number of amides is 1. The van der Waals surface area contributed by atoms with E-state index in [0.717, 1.165) is 0 Å². The van der Waals surface area contributed by atoms with Crippen LogP contribution in [0.2, 0.25) is 5.02 Å². The number of nitrogens with zero attached hydrogens (tertiary/aromatic N) is 1. The number of ether oxygens (including phenoxy) is 3. The molecule has 0 spiro atoms. The van der Waals surface area contributed by atoms with Gasteiger partial charge >= 0.3 is 0 Å². The molecule has 11 heteroatoms. The first-order valence-corrected chi connectivity index (χ1v) is 13.0. The number of anilines is 2. The van der Waals surface area contributed by atoms with Crippen LogP contribution in [0.5, 0.6) is 17.2 Å². The van der Waals surface area contributed by atoms with Gasteiger partial charge < -0.3 is 24.8 Å². The number of benzene rings is 3. The smallest absolute Gasteiger partial charge is 0.246 e. The van der Waals surface area contributed by atoms with Gasteiger partial charge in [-0.15, -0.1) is 0 Å². The molecule has 190 valence electrons. The number of rotatable bonds is 9. The van der Waals surface area contributed by atoms with Crippen molar-refractivity contribution < 1.29 is 27.4 Å². The molecule has 0 atom stereocenters. The Morgan fingerprint density at radius 1 is 1.03 bits per heavy atom. The fraction of sp³-hybridized carbons (Fsp3) is 0.240. The van der Waals surface area contributed by atoms with Crippen LogP contribution in [0.25, 0.3) is 0 Å². The lowest BCUT2D eigenvalue weighted by atomic mass is 10.2. The number of halogens is 1. The summed E-state index contributed by atoms with van der Waals surface area (Å²) in [6.07, 6.45) is 0. The molecule has 1 fully saturated rings. The van der Waals surface area contributed by atoms with Crippen molar-refractivity contribution in [2.75, 3.05) is 50.6 Å². The minimum absolute atomic E-state index is 0.0222. The summed E-state index contributed by atoms with van der Waals surface area (Å²) in [5, 5.41) is 6.23. The van der Waals surface area contributed by atoms with Gasteiger partial charge in [-0.3, -0.25) is 4.79 Å². The van der Waals surface area contributed by atoms with Gasteiger partial charge in [0.2, 0.25) is 15.9 Å². The van der Waals surface area contributed by atoms with E-state index in [2.05, 4.69) is 10.6 Å². The number of nitrogens with one attached hydrogen (secondary N) is 2. The predicted octanol–water partition coefficient (Wildman–Crippen LogP) is 4.21. The summed E-state index contributed by atoms with van der Waals surface area (Å²) < 4.78 is 44.1. The molecule has 0 aromatic heterocycles. The molecular weight excluding hydrogens is 506 g/mol. The van der Waals surface area contributed by atoms with Crippen molar-refractivity contribution in [3.63, 3.8) is 0 Å². The molecule has 0 aliphatic carbocycles. The summed E-state index contributed by atoms with van der Waals surface area (Å²) in [5.74, 6) is 0.945. The van der Waals surface area contributed by atoms with E-state index in [1.807, 2.05) is 30.3 Å². The number of methoxy groups -OCH3 is 1. The molecule has 1 aliphatic rings. The third-order valence-corrected chi connectivity index (χ3v) is 7.54. The number of para-hydroxylation sites is 1. The lowest BCUT2D eigenvalue weighted by Gasteiger charge is -2.26. The summed E-state index contributed by atoms with van der Waals surface area (Å²) in [6.45, 7) is 1.04. The van der Waals surface area contributed by atoms with Crippen LogP contribution in [0.4, 0.5) is 11.4 Å². The molecule has 4 rings (SSSR count). The topological polar surface area (TPSA) is 106 Å². The van der Waals surface area contributed by atoms with Crippen LogP contribution in [-0.2, 0) is 19.6 Å². The molecule has 3 aromatic carbocycles. The van der Waals surface area contributed by atoms with Crippen LogP contribution in [0.15, 0.2) is 71.6 Å². The third kappa shape index (κ3) is 6.27. The second-order valence-corrected chi connectivity index (χ2v) is 10.2. The van der Waals surface area contributed by atoms with E-state index in [0.29, 0.717) is 41.1 Å². The summed E-state index contributed by atoms with van der Waals surface area (Å²) in [7, 11) is -2.43. The molecule has 0 saturated carbocycles. The van der Waals surface area contributed by atoms with Crippen LogP contribution >= 0.6 is 11.6 Å². The Hall–Kier alpha value is -3.31. The van der Waals surface area contributed by atoms with Gasteiger partial charge in [0.05, 0.1) is 32.6 Å². The van der Waals surface area contributed by atoms with E-state index in [1.165, 1.54) is 23.5 Å². The van der Waals surface area contributed by atoms with Crippen molar-refractivity contribution in [1.82, 2.24) is 4.31 Å². The molecule has 36 heavy (non-hydrogen) atoms. The van der Waals surface area contributed by atoms with Gasteiger partial charge in [0, 0.05) is 23.8 Å². The van der Waals surface area contributed by atoms with Crippen LogP contribution in [-0.4, -0.2) is 58.6 Å². The van der Waals surface area contributed by atoms with Gasteiger partial charge in [-0.05, 0) is 48.5 Å². The highest BCUT2D eigenvalue weighted by molar-refractivity contribution is 7.89. The van der Waals surface area contributed by atoms with E-state index >= 15 is 0 Å². The van der Waals surface area contributed by atoms with E-state index in [9.17, 15) is 13.2 Å². The number of carbonyl (C=O) groups is 1. The fourth-order valence-corrected chi connectivity index (χ4v) is 5.37. The standard InChI is InChI=1S/C25H26ClN3O6S/c1-33-23-10-8-19(16-24(23)36(31,32)29-11-13-34-14-12-29)28-25(30)17-27-21-15-18(26)7-9-22(21)35-20-5-3-2-4-6-20/h2-10,15-16,27H,11-14,17H2,1H3,(H,28,30). The maximum absolute atomic E-state index is 13.2.